The van der Waals surface area contributed by atoms with Crippen LogP contribution in [0.15, 0.2) is 84.9 Å². The molecule has 0 radical (unpaired) electrons. The Bertz CT molecular complexity index is 1570. The Morgan fingerprint density at radius 3 is 2.17 bits per heavy atom. The lowest BCUT2D eigenvalue weighted by Crippen LogP contribution is -2.46. The van der Waals surface area contributed by atoms with Gasteiger partial charge in [0, 0.05) is 25.5 Å². The van der Waals surface area contributed by atoms with Crippen molar-refractivity contribution in [3.63, 3.8) is 0 Å². The lowest BCUT2D eigenvalue weighted by atomic mass is 10.0. The van der Waals surface area contributed by atoms with E-state index in [2.05, 4.69) is 10.6 Å². The molecule has 1 aliphatic rings. The van der Waals surface area contributed by atoms with Crippen LogP contribution in [0.4, 0.5) is 0 Å². The Balaban J connectivity index is 1.26. The molecule has 10 nitrogen and oxygen atoms in total. The molecule has 4 rings (SSSR count). The number of primary amides is 1. The van der Waals surface area contributed by atoms with Gasteiger partial charge in [-0.15, -0.1) is 0 Å². The number of amides is 4. The summed E-state index contributed by atoms with van der Waals surface area (Å²) in [7, 11) is -3.90. The maximum Gasteiger partial charge on any atom is 0.265 e. The molecular weight excluding hydrogens is 532 g/mol. The molecule has 11 heteroatoms. The number of rotatable bonds is 11. The zero-order chi connectivity index (χ0) is 28.7. The number of hydrogen-bond acceptors (Lipinski definition) is 6. The van der Waals surface area contributed by atoms with Crippen LogP contribution in [-0.2, 0) is 42.0 Å². The van der Waals surface area contributed by atoms with Gasteiger partial charge in [0.1, 0.15) is 10.9 Å². The van der Waals surface area contributed by atoms with Gasteiger partial charge in [-0.2, -0.15) is 0 Å². The van der Waals surface area contributed by atoms with Crippen LogP contribution in [0, 0.1) is 0 Å². The van der Waals surface area contributed by atoms with E-state index in [9.17, 15) is 27.6 Å². The molecule has 4 amide bonds. The van der Waals surface area contributed by atoms with E-state index >= 15 is 0 Å². The van der Waals surface area contributed by atoms with Gasteiger partial charge in [0.2, 0.25) is 17.7 Å². The summed E-state index contributed by atoms with van der Waals surface area (Å²) in [6.07, 6.45) is 1.18. The Morgan fingerprint density at radius 1 is 0.825 bits per heavy atom. The molecule has 0 fully saturated rings. The molecule has 1 aliphatic heterocycles. The summed E-state index contributed by atoms with van der Waals surface area (Å²) < 4.78 is 25.9. The van der Waals surface area contributed by atoms with Crippen LogP contribution in [-0.4, -0.2) is 44.6 Å². The summed E-state index contributed by atoms with van der Waals surface area (Å²) >= 11 is 0. The van der Waals surface area contributed by atoms with Crippen LogP contribution in [0.1, 0.15) is 23.1 Å². The molecule has 1 atom stereocenters. The first kappa shape index (κ1) is 28.2. The summed E-state index contributed by atoms with van der Waals surface area (Å²) in [5.74, 6) is -2.15. The number of nitrogens with one attached hydrogen (secondary N) is 3. The highest BCUT2D eigenvalue weighted by Gasteiger charge is 2.29. The standard InChI is InChI=1S/C29H28N4O6S/c30-29(37)24(16-19-9-11-22(12-10-19)25-18-28(36)33-40(25,38)39)32-26(34)13-14-31-27(35)17-20-5-4-8-23(15-20)21-6-2-1-3-7-21/h1-12,15,18,24H,13-14,16-17H2,(H2,30,37)(H,31,35)(H,32,34)(H,33,36)/t24-/m0/s1. The molecule has 3 aromatic rings. The Morgan fingerprint density at radius 2 is 1.52 bits per heavy atom. The molecule has 0 saturated heterocycles. The number of nitrogens with two attached hydrogens (primary N) is 1. The maximum absolute atomic E-state index is 12.4. The summed E-state index contributed by atoms with van der Waals surface area (Å²) in [6, 6.07) is 22.7. The quantitative estimate of drug-likeness (QED) is 0.277. The minimum Gasteiger partial charge on any atom is -0.368 e. The molecule has 1 heterocycles. The molecule has 0 spiro atoms. The molecule has 0 unspecified atom stereocenters. The van der Waals surface area contributed by atoms with Gasteiger partial charge >= 0.3 is 0 Å². The van der Waals surface area contributed by atoms with E-state index in [0.717, 1.165) is 22.8 Å². The van der Waals surface area contributed by atoms with Crippen molar-refractivity contribution in [2.75, 3.05) is 6.54 Å². The summed E-state index contributed by atoms with van der Waals surface area (Å²) in [5, 5.41) is 5.29. The Kier molecular flexibility index (Phi) is 8.75. The van der Waals surface area contributed by atoms with E-state index in [0.29, 0.717) is 11.1 Å². The first-order valence-corrected chi connectivity index (χ1v) is 14.0. The first-order chi connectivity index (χ1) is 19.1. The number of benzene rings is 3. The third kappa shape index (κ3) is 7.41. The zero-order valence-corrected chi connectivity index (χ0v) is 22.2. The second-order valence-corrected chi connectivity index (χ2v) is 10.9. The lowest BCUT2D eigenvalue weighted by Gasteiger charge is -2.16. The Hall–Kier alpha value is -4.77. The second kappa shape index (κ2) is 12.4. The normalized spacial score (nSPS) is 14.5. The Labute approximate surface area is 231 Å². The predicted octanol–water partition coefficient (Wildman–Crippen LogP) is 1.42. The van der Waals surface area contributed by atoms with Gasteiger partial charge in [-0.05, 0) is 27.8 Å². The van der Waals surface area contributed by atoms with Gasteiger partial charge in [0.25, 0.3) is 15.9 Å². The molecule has 3 aromatic carbocycles. The fourth-order valence-electron chi connectivity index (χ4n) is 4.24. The molecule has 40 heavy (non-hydrogen) atoms. The smallest absolute Gasteiger partial charge is 0.265 e. The molecule has 0 saturated carbocycles. The van der Waals surface area contributed by atoms with Crippen molar-refractivity contribution in [3.05, 3.63) is 102 Å². The van der Waals surface area contributed by atoms with E-state index in [1.54, 1.807) is 12.1 Å². The summed E-state index contributed by atoms with van der Waals surface area (Å²) in [4.78, 5) is 48.1. The van der Waals surface area contributed by atoms with Gasteiger partial charge in [-0.3, -0.25) is 19.2 Å². The van der Waals surface area contributed by atoms with Crippen molar-refractivity contribution >= 4 is 38.6 Å². The van der Waals surface area contributed by atoms with E-state index in [-0.39, 0.29) is 36.6 Å². The topological polar surface area (TPSA) is 165 Å². The largest absolute Gasteiger partial charge is 0.368 e. The lowest BCUT2D eigenvalue weighted by molar-refractivity contribution is -0.127. The van der Waals surface area contributed by atoms with Crippen molar-refractivity contribution in [2.24, 2.45) is 5.73 Å². The number of sulfonamides is 1. The van der Waals surface area contributed by atoms with E-state index in [4.69, 9.17) is 5.73 Å². The van der Waals surface area contributed by atoms with E-state index in [1.807, 2.05) is 59.3 Å². The van der Waals surface area contributed by atoms with Gasteiger partial charge in [-0.1, -0.05) is 78.9 Å². The molecule has 0 aromatic heterocycles. The van der Waals surface area contributed by atoms with Crippen LogP contribution in [0.5, 0.6) is 0 Å². The third-order valence-electron chi connectivity index (χ3n) is 6.22. The highest BCUT2D eigenvalue weighted by molar-refractivity contribution is 7.99. The average Bonchev–Trinajstić information content (AvgIpc) is 3.20. The monoisotopic (exact) mass is 560 g/mol. The van der Waals surface area contributed by atoms with E-state index in [1.165, 1.54) is 12.1 Å². The van der Waals surface area contributed by atoms with E-state index < -0.39 is 33.8 Å². The summed E-state index contributed by atoms with van der Waals surface area (Å²) in [6.45, 7) is 0.0829. The van der Waals surface area contributed by atoms with Crippen LogP contribution in [0.25, 0.3) is 16.0 Å². The maximum atomic E-state index is 12.4. The number of carbonyl (C=O) groups is 4. The number of hydrogen-bond donors (Lipinski definition) is 4. The van der Waals surface area contributed by atoms with Crippen LogP contribution in [0.3, 0.4) is 0 Å². The van der Waals surface area contributed by atoms with Crippen molar-refractivity contribution < 1.29 is 27.6 Å². The molecule has 5 N–H and O–H groups in total. The fourth-order valence-corrected chi connectivity index (χ4v) is 5.38. The predicted molar refractivity (Wildman–Crippen MR) is 150 cm³/mol. The molecule has 0 bridgehead atoms. The van der Waals surface area contributed by atoms with Crippen molar-refractivity contribution in [3.8, 4) is 11.1 Å². The minimum absolute atomic E-state index is 0.0500. The van der Waals surface area contributed by atoms with Gasteiger partial charge in [0.15, 0.2) is 0 Å². The summed E-state index contributed by atoms with van der Waals surface area (Å²) in [5.41, 5.74) is 9.30. The SMILES string of the molecule is NC(=O)[C@H](Cc1ccc(C2=CC(=O)NS2(=O)=O)cc1)NC(=O)CCNC(=O)Cc1cccc(-c2ccccc2)c1. The molecular formula is C29H28N4O6S. The van der Waals surface area contributed by atoms with Crippen molar-refractivity contribution in [1.29, 1.82) is 0 Å². The van der Waals surface area contributed by atoms with Gasteiger partial charge in [0.05, 0.1) is 6.42 Å². The van der Waals surface area contributed by atoms with Crippen molar-refractivity contribution in [2.45, 2.75) is 25.3 Å². The molecule has 206 valence electrons. The van der Waals surface area contributed by atoms with Crippen molar-refractivity contribution in [1.82, 2.24) is 15.4 Å². The number of carbonyl (C=O) groups excluding carboxylic acids is 4. The minimum atomic E-state index is -3.90. The zero-order valence-electron chi connectivity index (χ0n) is 21.4. The van der Waals surface area contributed by atoms with Gasteiger partial charge in [-0.25, -0.2) is 13.1 Å². The average molecular weight is 561 g/mol. The van der Waals surface area contributed by atoms with Crippen LogP contribution >= 0.6 is 0 Å². The van der Waals surface area contributed by atoms with Gasteiger partial charge < -0.3 is 16.4 Å². The second-order valence-electron chi connectivity index (χ2n) is 9.24. The molecule has 0 aliphatic carbocycles. The highest BCUT2D eigenvalue weighted by Crippen LogP contribution is 2.24. The first-order valence-electron chi connectivity index (χ1n) is 12.5. The fraction of sp³-hybridized carbons (Fsp3) is 0.172. The van der Waals surface area contributed by atoms with Crippen LogP contribution in [0.2, 0.25) is 0 Å². The highest BCUT2D eigenvalue weighted by atomic mass is 32.2. The van der Waals surface area contributed by atoms with Crippen LogP contribution < -0.4 is 21.1 Å². The third-order valence-corrected chi connectivity index (χ3v) is 7.62.